The zero-order valence-corrected chi connectivity index (χ0v) is 18.4. The summed E-state index contributed by atoms with van der Waals surface area (Å²) in [6.45, 7) is 3.79. The molecule has 3 aromatic carbocycles. The molecule has 4 rings (SSSR count). The molecule has 0 aromatic heterocycles. The summed E-state index contributed by atoms with van der Waals surface area (Å²) in [5.74, 6) is -1.73. The van der Waals surface area contributed by atoms with Crippen molar-refractivity contribution >= 4 is 46.3 Å². The SMILES string of the molecule is Cc1ccccc1C1/C(=C(\O)c2ccc(Cl)c(Cl)c2)C(=O)C(=O)N1c1ccccc1C. The van der Waals surface area contributed by atoms with Crippen LogP contribution in [0.4, 0.5) is 5.69 Å². The van der Waals surface area contributed by atoms with E-state index in [4.69, 9.17) is 23.2 Å². The van der Waals surface area contributed by atoms with Crippen molar-refractivity contribution in [3.05, 3.63) is 105 Å². The number of hydrogen-bond donors (Lipinski definition) is 1. The molecule has 1 unspecified atom stereocenters. The number of carbonyl (C=O) groups is 2. The number of rotatable bonds is 3. The van der Waals surface area contributed by atoms with Gasteiger partial charge >= 0.3 is 0 Å². The summed E-state index contributed by atoms with van der Waals surface area (Å²) in [5.41, 5.74) is 3.44. The fourth-order valence-corrected chi connectivity index (χ4v) is 4.20. The van der Waals surface area contributed by atoms with E-state index in [0.717, 1.165) is 16.7 Å². The standard InChI is InChI=1S/C25H19Cl2NO3/c1-14-7-3-5-9-17(14)22-21(23(29)16-11-12-18(26)19(27)13-16)24(30)25(31)28(22)20-10-6-4-8-15(20)2/h3-13,22,29H,1-2H3/b23-21+. The molecule has 0 spiro atoms. The third kappa shape index (κ3) is 3.62. The summed E-state index contributed by atoms with van der Waals surface area (Å²) in [5, 5.41) is 11.7. The molecule has 156 valence electrons. The number of aryl methyl sites for hydroxylation is 2. The van der Waals surface area contributed by atoms with Crippen LogP contribution in [0.3, 0.4) is 0 Å². The highest BCUT2D eigenvalue weighted by Gasteiger charge is 2.47. The number of benzene rings is 3. The van der Waals surface area contributed by atoms with E-state index in [0.29, 0.717) is 16.3 Å². The van der Waals surface area contributed by atoms with Crippen LogP contribution in [-0.2, 0) is 9.59 Å². The predicted molar refractivity (Wildman–Crippen MR) is 124 cm³/mol. The summed E-state index contributed by atoms with van der Waals surface area (Å²) >= 11 is 12.1. The van der Waals surface area contributed by atoms with E-state index < -0.39 is 17.7 Å². The lowest BCUT2D eigenvalue weighted by atomic mass is 9.92. The molecule has 1 aliphatic heterocycles. The van der Waals surface area contributed by atoms with Crippen molar-refractivity contribution in [2.75, 3.05) is 4.90 Å². The van der Waals surface area contributed by atoms with Crippen LogP contribution in [0, 0.1) is 13.8 Å². The summed E-state index contributed by atoms with van der Waals surface area (Å²) in [6.07, 6.45) is 0. The zero-order valence-electron chi connectivity index (χ0n) is 16.9. The number of ketones is 1. The molecule has 1 heterocycles. The van der Waals surface area contributed by atoms with Gasteiger partial charge in [-0.1, -0.05) is 65.7 Å². The van der Waals surface area contributed by atoms with Gasteiger partial charge in [0.2, 0.25) is 0 Å². The molecule has 1 saturated heterocycles. The molecular formula is C25H19Cl2NO3. The first-order valence-corrected chi connectivity index (χ1v) is 10.4. The molecule has 1 aliphatic rings. The van der Waals surface area contributed by atoms with Gasteiger partial charge in [-0.3, -0.25) is 14.5 Å². The second-order valence-electron chi connectivity index (χ2n) is 7.44. The zero-order chi connectivity index (χ0) is 22.3. The molecule has 0 saturated carbocycles. The van der Waals surface area contributed by atoms with Crippen LogP contribution in [0.25, 0.3) is 5.76 Å². The molecule has 6 heteroatoms. The second kappa shape index (κ2) is 8.22. The number of aliphatic hydroxyl groups excluding tert-OH is 1. The number of hydrogen-bond acceptors (Lipinski definition) is 3. The van der Waals surface area contributed by atoms with E-state index in [1.54, 1.807) is 18.2 Å². The molecule has 1 amide bonds. The number of Topliss-reactive ketones (excluding diaryl/α,β-unsaturated/α-hetero) is 1. The maximum atomic E-state index is 13.2. The Labute approximate surface area is 190 Å². The Balaban J connectivity index is 2.00. The largest absolute Gasteiger partial charge is 0.507 e. The minimum Gasteiger partial charge on any atom is -0.507 e. The number of nitrogens with zero attached hydrogens (tertiary/aromatic N) is 1. The smallest absolute Gasteiger partial charge is 0.300 e. The number of halogens is 2. The Hall–Kier alpha value is -3.08. The molecule has 3 aromatic rings. The number of carbonyl (C=O) groups excluding carboxylic acids is 2. The highest BCUT2D eigenvalue weighted by atomic mass is 35.5. The van der Waals surface area contributed by atoms with Gasteiger partial charge in [0.15, 0.2) is 0 Å². The van der Waals surface area contributed by atoms with E-state index in [2.05, 4.69) is 0 Å². The van der Waals surface area contributed by atoms with Crippen molar-refractivity contribution < 1.29 is 14.7 Å². The van der Waals surface area contributed by atoms with Gasteiger partial charge in [0.25, 0.3) is 11.7 Å². The Morgan fingerprint density at radius 1 is 0.871 bits per heavy atom. The Bertz CT molecular complexity index is 1250. The van der Waals surface area contributed by atoms with Gasteiger partial charge in [0.1, 0.15) is 5.76 Å². The van der Waals surface area contributed by atoms with Crippen LogP contribution in [0.15, 0.2) is 72.3 Å². The first-order valence-electron chi connectivity index (χ1n) is 9.69. The monoisotopic (exact) mass is 451 g/mol. The Morgan fingerprint density at radius 2 is 1.52 bits per heavy atom. The fourth-order valence-electron chi connectivity index (χ4n) is 3.90. The van der Waals surface area contributed by atoms with Crippen LogP contribution in [0.2, 0.25) is 10.0 Å². The lowest BCUT2D eigenvalue weighted by Crippen LogP contribution is -2.30. The highest BCUT2D eigenvalue weighted by molar-refractivity contribution is 6.52. The normalized spacial score (nSPS) is 17.9. The summed E-state index contributed by atoms with van der Waals surface area (Å²) in [4.78, 5) is 27.9. The maximum absolute atomic E-state index is 13.2. The van der Waals surface area contributed by atoms with Crippen LogP contribution in [0.1, 0.15) is 28.3 Å². The van der Waals surface area contributed by atoms with Gasteiger partial charge in [-0.05, 0) is 54.8 Å². The maximum Gasteiger partial charge on any atom is 0.300 e. The Kier molecular flexibility index (Phi) is 5.61. The van der Waals surface area contributed by atoms with Gasteiger partial charge in [0, 0.05) is 11.3 Å². The van der Waals surface area contributed by atoms with Crippen LogP contribution < -0.4 is 4.90 Å². The van der Waals surface area contributed by atoms with Gasteiger partial charge < -0.3 is 5.11 Å². The van der Waals surface area contributed by atoms with Crippen molar-refractivity contribution in [1.82, 2.24) is 0 Å². The molecular weight excluding hydrogens is 433 g/mol. The average molecular weight is 452 g/mol. The number of aliphatic hydroxyl groups is 1. The molecule has 0 bridgehead atoms. The number of amides is 1. The highest BCUT2D eigenvalue weighted by Crippen LogP contribution is 2.44. The van der Waals surface area contributed by atoms with E-state index in [1.165, 1.54) is 11.0 Å². The number of para-hydroxylation sites is 1. The molecule has 4 nitrogen and oxygen atoms in total. The molecule has 1 fully saturated rings. The molecule has 1 N–H and O–H groups in total. The van der Waals surface area contributed by atoms with E-state index in [9.17, 15) is 14.7 Å². The summed E-state index contributed by atoms with van der Waals surface area (Å²) < 4.78 is 0. The predicted octanol–water partition coefficient (Wildman–Crippen LogP) is 6.24. The first kappa shape index (κ1) is 21.2. The molecule has 0 aliphatic carbocycles. The third-order valence-corrected chi connectivity index (χ3v) is 6.23. The average Bonchev–Trinajstić information content (AvgIpc) is 3.01. The lowest BCUT2D eigenvalue weighted by Gasteiger charge is -2.27. The van der Waals surface area contributed by atoms with Crippen molar-refractivity contribution in [3.8, 4) is 0 Å². The van der Waals surface area contributed by atoms with Crippen molar-refractivity contribution in [1.29, 1.82) is 0 Å². The summed E-state index contributed by atoms with van der Waals surface area (Å²) in [7, 11) is 0. The van der Waals surface area contributed by atoms with E-state index in [1.807, 2.05) is 56.3 Å². The summed E-state index contributed by atoms with van der Waals surface area (Å²) in [6, 6.07) is 18.7. The molecule has 31 heavy (non-hydrogen) atoms. The minimum absolute atomic E-state index is 0.0148. The van der Waals surface area contributed by atoms with Gasteiger partial charge in [-0.15, -0.1) is 0 Å². The van der Waals surface area contributed by atoms with E-state index >= 15 is 0 Å². The second-order valence-corrected chi connectivity index (χ2v) is 8.26. The quantitative estimate of drug-likeness (QED) is 0.291. The molecule has 1 atom stereocenters. The fraction of sp³-hybridized carbons (Fsp3) is 0.120. The lowest BCUT2D eigenvalue weighted by molar-refractivity contribution is -0.132. The van der Waals surface area contributed by atoms with Crippen molar-refractivity contribution in [3.63, 3.8) is 0 Å². The van der Waals surface area contributed by atoms with Gasteiger partial charge in [0.05, 0.1) is 21.7 Å². The topological polar surface area (TPSA) is 57.6 Å². The van der Waals surface area contributed by atoms with Crippen molar-refractivity contribution in [2.45, 2.75) is 19.9 Å². The van der Waals surface area contributed by atoms with Crippen LogP contribution in [0.5, 0.6) is 0 Å². The van der Waals surface area contributed by atoms with E-state index in [-0.39, 0.29) is 16.4 Å². The van der Waals surface area contributed by atoms with Crippen LogP contribution >= 0.6 is 23.2 Å². The molecule has 0 radical (unpaired) electrons. The Morgan fingerprint density at radius 3 is 2.16 bits per heavy atom. The number of anilines is 1. The van der Waals surface area contributed by atoms with Gasteiger partial charge in [-0.25, -0.2) is 0 Å². The first-order chi connectivity index (χ1) is 14.8. The van der Waals surface area contributed by atoms with Crippen molar-refractivity contribution in [2.24, 2.45) is 0 Å². The minimum atomic E-state index is -0.781. The van der Waals surface area contributed by atoms with Gasteiger partial charge in [-0.2, -0.15) is 0 Å². The third-order valence-electron chi connectivity index (χ3n) is 5.50. The van der Waals surface area contributed by atoms with Crippen LogP contribution in [-0.4, -0.2) is 16.8 Å².